The minimum atomic E-state index is -4.74. The smallest absolute Gasteiger partial charge is 0.397 e. The van der Waals surface area contributed by atoms with E-state index in [0.29, 0.717) is 0 Å². The molecule has 2 aromatic rings. The lowest BCUT2D eigenvalue weighted by atomic mass is 10.0. The van der Waals surface area contributed by atoms with Gasteiger partial charge in [-0.3, -0.25) is 10.2 Å². The van der Waals surface area contributed by atoms with Gasteiger partial charge in [-0.25, -0.2) is 23.4 Å². The number of hydrogen-bond acceptors (Lipinski definition) is 4. The molecule has 0 aromatic heterocycles. The molecule has 3 amide bonds. The molecule has 0 saturated carbocycles. The third kappa shape index (κ3) is 8.25. The summed E-state index contributed by atoms with van der Waals surface area (Å²) in [5.74, 6) is -2.42. The van der Waals surface area contributed by atoms with Crippen molar-refractivity contribution in [1.29, 1.82) is 0 Å². The number of halogens is 7. The van der Waals surface area contributed by atoms with Crippen molar-refractivity contribution >= 4 is 29.2 Å². The third-order valence-corrected chi connectivity index (χ3v) is 4.18. The fraction of sp³-hybridized carbons (Fsp3) is 0.263. The number of nitrogen functional groups attached to an aromatic ring is 1. The first kappa shape index (κ1) is 25.9. The zero-order valence-corrected chi connectivity index (χ0v) is 17.3. The van der Waals surface area contributed by atoms with Crippen molar-refractivity contribution in [2.45, 2.75) is 25.6 Å². The van der Waals surface area contributed by atoms with Crippen molar-refractivity contribution in [1.82, 2.24) is 16.2 Å². The summed E-state index contributed by atoms with van der Waals surface area (Å²) in [6.07, 6.45) is -9.31. The molecule has 33 heavy (non-hydrogen) atoms. The van der Waals surface area contributed by atoms with E-state index in [2.05, 4.69) is 5.32 Å². The first-order valence-corrected chi connectivity index (χ1v) is 9.41. The summed E-state index contributed by atoms with van der Waals surface area (Å²) >= 11 is 6.02. The van der Waals surface area contributed by atoms with E-state index >= 15 is 0 Å². The Labute approximate surface area is 188 Å². The number of carbonyl (C=O) groups excluding carboxylic acids is 2. The highest BCUT2D eigenvalue weighted by Crippen LogP contribution is 2.39. The lowest BCUT2D eigenvalue weighted by molar-refractivity contribution is -0.154. The molecule has 0 aliphatic heterocycles. The van der Waals surface area contributed by atoms with Crippen LogP contribution in [0.15, 0.2) is 30.3 Å². The van der Waals surface area contributed by atoms with Gasteiger partial charge in [-0.05, 0) is 23.8 Å². The zero-order chi connectivity index (χ0) is 24.8. The Balaban J connectivity index is 2.07. The lowest BCUT2D eigenvalue weighted by Gasteiger charge is -2.15. The van der Waals surface area contributed by atoms with Gasteiger partial charge in [0.2, 0.25) is 5.91 Å². The SMILES string of the molecule is Nc1cc(Cl)c(OCC(F)F)c(-c2ccc(CNC(=O)NNC(=O)CC(F)(F)F)c(F)c2)c1. The quantitative estimate of drug-likeness (QED) is 0.261. The number of amides is 3. The molecular weight excluding hydrogens is 482 g/mol. The minimum Gasteiger partial charge on any atom is -0.485 e. The van der Waals surface area contributed by atoms with Gasteiger partial charge in [0.15, 0.2) is 0 Å². The van der Waals surface area contributed by atoms with Crippen LogP contribution in [0.5, 0.6) is 5.75 Å². The van der Waals surface area contributed by atoms with Gasteiger partial charge in [0.1, 0.15) is 24.6 Å². The van der Waals surface area contributed by atoms with E-state index in [1.807, 2.05) is 0 Å². The highest BCUT2D eigenvalue weighted by Gasteiger charge is 2.31. The van der Waals surface area contributed by atoms with Crippen LogP contribution in [0.4, 0.5) is 36.8 Å². The Morgan fingerprint density at radius 2 is 1.82 bits per heavy atom. The van der Waals surface area contributed by atoms with Crippen molar-refractivity contribution < 1.29 is 40.7 Å². The van der Waals surface area contributed by atoms with Gasteiger partial charge >= 0.3 is 12.2 Å². The molecular formula is C19H17ClF6N4O3. The molecule has 2 rings (SSSR count). The standard InChI is InChI=1S/C19H17ClF6N4O3/c20-13-5-11(27)4-12(17(13)33-8-15(22)23)9-1-2-10(14(21)3-9)7-28-18(32)30-29-16(31)6-19(24,25)26/h1-5,15H,6-8,27H2,(H,29,31)(H2,28,30,32). The van der Waals surface area contributed by atoms with E-state index in [-0.39, 0.29) is 39.7 Å². The molecule has 0 fully saturated rings. The normalized spacial score (nSPS) is 11.3. The van der Waals surface area contributed by atoms with Crippen molar-refractivity contribution in [2.24, 2.45) is 0 Å². The number of hydrazine groups is 1. The summed E-state index contributed by atoms with van der Waals surface area (Å²) in [5.41, 5.74) is 9.47. The number of nitrogens with two attached hydrogens (primary N) is 1. The van der Waals surface area contributed by atoms with Gasteiger partial charge < -0.3 is 15.8 Å². The van der Waals surface area contributed by atoms with E-state index in [9.17, 15) is 35.9 Å². The summed E-state index contributed by atoms with van der Waals surface area (Å²) in [7, 11) is 0. The number of rotatable bonds is 7. The van der Waals surface area contributed by atoms with Crippen molar-refractivity contribution in [3.63, 3.8) is 0 Å². The van der Waals surface area contributed by atoms with Gasteiger partial charge in [0.05, 0.1) is 5.02 Å². The van der Waals surface area contributed by atoms with E-state index in [4.69, 9.17) is 22.1 Å². The number of alkyl halides is 5. The summed E-state index contributed by atoms with van der Waals surface area (Å²) < 4.78 is 80.8. The van der Waals surface area contributed by atoms with Gasteiger partial charge in [0, 0.05) is 23.4 Å². The molecule has 0 radical (unpaired) electrons. The number of nitrogens with one attached hydrogen (secondary N) is 3. The Morgan fingerprint density at radius 1 is 1.12 bits per heavy atom. The molecule has 0 bridgehead atoms. The van der Waals surface area contributed by atoms with Gasteiger partial charge in [-0.15, -0.1) is 0 Å². The molecule has 5 N–H and O–H groups in total. The van der Waals surface area contributed by atoms with E-state index in [1.165, 1.54) is 24.3 Å². The summed E-state index contributed by atoms with van der Waals surface area (Å²) in [4.78, 5) is 22.6. The molecule has 2 aromatic carbocycles. The highest BCUT2D eigenvalue weighted by molar-refractivity contribution is 6.33. The average molecular weight is 499 g/mol. The van der Waals surface area contributed by atoms with E-state index in [0.717, 1.165) is 6.07 Å². The fourth-order valence-electron chi connectivity index (χ4n) is 2.55. The second-order valence-electron chi connectivity index (χ2n) is 6.54. The van der Waals surface area contributed by atoms with Crippen LogP contribution in [0, 0.1) is 5.82 Å². The minimum absolute atomic E-state index is 0.0273. The maximum Gasteiger partial charge on any atom is 0.397 e. The number of benzene rings is 2. The van der Waals surface area contributed by atoms with Gasteiger partial charge in [0.25, 0.3) is 6.43 Å². The van der Waals surface area contributed by atoms with Crippen LogP contribution in [0.25, 0.3) is 11.1 Å². The molecule has 7 nitrogen and oxygen atoms in total. The van der Waals surface area contributed by atoms with Gasteiger partial charge in [-0.2, -0.15) is 13.2 Å². The van der Waals surface area contributed by atoms with Crippen molar-refractivity contribution in [2.75, 3.05) is 12.3 Å². The molecule has 0 aliphatic rings. The van der Waals surface area contributed by atoms with Crippen LogP contribution in [0.1, 0.15) is 12.0 Å². The second-order valence-corrected chi connectivity index (χ2v) is 6.94. The number of carbonyl (C=O) groups is 2. The zero-order valence-electron chi connectivity index (χ0n) is 16.5. The van der Waals surface area contributed by atoms with Crippen LogP contribution in [-0.4, -0.2) is 31.1 Å². The van der Waals surface area contributed by atoms with Crippen LogP contribution in [0.3, 0.4) is 0 Å². The monoisotopic (exact) mass is 498 g/mol. The third-order valence-electron chi connectivity index (χ3n) is 3.90. The summed E-state index contributed by atoms with van der Waals surface area (Å²) in [6.45, 7) is -1.34. The Morgan fingerprint density at radius 3 is 2.42 bits per heavy atom. The second kappa shape index (κ2) is 11.0. The lowest BCUT2D eigenvalue weighted by Crippen LogP contribution is -2.47. The van der Waals surface area contributed by atoms with Gasteiger partial charge in [-0.1, -0.05) is 23.7 Å². The van der Waals surface area contributed by atoms with Crippen molar-refractivity contribution in [3.05, 3.63) is 46.7 Å². The van der Waals surface area contributed by atoms with Crippen LogP contribution < -0.4 is 26.6 Å². The van der Waals surface area contributed by atoms with Crippen LogP contribution in [-0.2, 0) is 11.3 Å². The molecule has 0 unspecified atom stereocenters. The van der Waals surface area contributed by atoms with Crippen molar-refractivity contribution in [3.8, 4) is 16.9 Å². The molecule has 0 spiro atoms. The topological polar surface area (TPSA) is 105 Å². The summed E-state index contributed by atoms with van der Waals surface area (Å²) in [5, 5.41) is 2.09. The van der Waals surface area contributed by atoms with E-state index < -0.39 is 43.4 Å². The molecule has 180 valence electrons. The molecule has 0 atom stereocenters. The first-order chi connectivity index (χ1) is 15.4. The number of anilines is 1. The highest BCUT2D eigenvalue weighted by atomic mass is 35.5. The van der Waals surface area contributed by atoms with Crippen LogP contribution >= 0.6 is 11.6 Å². The maximum absolute atomic E-state index is 14.5. The molecule has 14 heteroatoms. The predicted octanol–water partition coefficient (Wildman–Crippen LogP) is 4.16. The largest absolute Gasteiger partial charge is 0.485 e. The molecule has 0 saturated heterocycles. The molecule has 0 heterocycles. The Bertz CT molecular complexity index is 1020. The fourth-order valence-corrected chi connectivity index (χ4v) is 2.83. The van der Waals surface area contributed by atoms with Crippen LogP contribution in [0.2, 0.25) is 5.02 Å². The Kier molecular flexibility index (Phi) is 8.63. The predicted molar refractivity (Wildman–Crippen MR) is 107 cm³/mol. The number of hydrogen-bond donors (Lipinski definition) is 4. The molecule has 0 aliphatic carbocycles. The average Bonchev–Trinajstić information content (AvgIpc) is 2.68. The number of urea groups is 1. The number of ether oxygens (including phenoxy) is 1. The first-order valence-electron chi connectivity index (χ1n) is 9.04. The maximum atomic E-state index is 14.5. The summed E-state index contributed by atoms with van der Waals surface area (Å²) in [6, 6.07) is 5.24. The van der Waals surface area contributed by atoms with E-state index in [1.54, 1.807) is 10.9 Å². The Hall–Kier alpha value is -3.35.